The molecule has 0 unspecified atom stereocenters. The van der Waals surface area contributed by atoms with Crippen molar-refractivity contribution in [1.29, 1.82) is 0 Å². The second-order valence-electron chi connectivity index (χ2n) is 7.91. The normalized spacial score (nSPS) is 19.9. The third kappa shape index (κ3) is 4.23. The maximum atomic E-state index is 12.7. The van der Waals surface area contributed by atoms with Crippen LogP contribution in [0.3, 0.4) is 0 Å². The van der Waals surface area contributed by atoms with Crippen molar-refractivity contribution in [2.24, 2.45) is 5.92 Å². The van der Waals surface area contributed by atoms with Crippen molar-refractivity contribution in [3.05, 3.63) is 28.8 Å². The topological polar surface area (TPSA) is 78.5 Å². The van der Waals surface area contributed by atoms with Gasteiger partial charge in [0.2, 0.25) is 5.91 Å². The third-order valence-corrected chi connectivity index (χ3v) is 4.81. The highest BCUT2D eigenvalue weighted by molar-refractivity contribution is 6.10. The van der Waals surface area contributed by atoms with Gasteiger partial charge in [0.25, 0.3) is 5.91 Å². The number of imide groups is 1. The molecule has 2 rings (SSSR count). The lowest BCUT2D eigenvalue weighted by Gasteiger charge is -2.22. The predicted octanol–water partition coefficient (Wildman–Crippen LogP) is 3.30. The number of carbonyl (C=O) groups excluding carboxylic acids is 3. The molecule has 26 heavy (non-hydrogen) atoms. The van der Waals surface area contributed by atoms with E-state index < -0.39 is 11.6 Å². The number of anilines is 1. The molecule has 1 aromatic carbocycles. The summed E-state index contributed by atoms with van der Waals surface area (Å²) >= 11 is 0. The molecule has 142 valence electrons. The van der Waals surface area contributed by atoms with Gasteiger partial charge in [0.1, 0.15) is 12.1 Å². The molecule has 0 aromatic heterocycles. The molecule has 1 aromatic rings. The quantitative estimate of drug-likeness (QED) is 0.765. The van der Waals surface area contributed by atoms with Crippen molar-refractivity contribution < 1.29 is 14.4 Å². The molecule has 2 N–H and O–H groups in total. The van der Waals surface area contributed by atoms with Gasteiger partial charge in [-0.1, -0.05) is 31.5 Å². The second-order valence-corrected chi connectivity index (χ2v) is 7.91. The number of hydrogen-bond donors (Lipinski definition) is 2. The smallest absolute Gasteiger partial charge is 0.324 e. The largest absolute Gasteiger partial charge is 0.325 e. The Bertz CT molecular complexity index is 719. The number of urea groups is 1. The van der Waals surface area contributed by atoms with Crippen LogP contribution in [0, 0.1) is 26.7 Å². The molecule has 1 aliphatic heterocycles. The third-order valence-electron chi connectivity index (χ3n) is 4.81. The highest BCUT2D eigenvalue weighted by atomic mass is 16.2. The summed E-state index contributed by atoms with van der Waals surface area (Å²) < 4.78 is 0. The molecule has 0 aliphatic carbocycles. The molecule has 1 saturated heterocycles. The molecule has 1 fully saturated rings. The number of hydrogen-bond acceptors (Lipinski definition) is 3. The van der Waals surface area contributed by atoms with Crippen LogP contribution in [0.25, 0.3) is 0 Å². The Balaban J connectivity index is 2.07. The van der Waals surface area contributed by atoms with E-state index in [-0.39, 0.29) is 18.4 Å². The van der Waals surface area contributed by atoms with Gasteiger partial charge in [-0.2, -0.15) is 0 Å². The van der Waals surface area contributed by atoms with E-state index >= 15 is 0 Å². The Labute approximate surface area is 155 Å². The minimum Gasteiger partial charge on any atom is -0.324 e. The molecule has 6 nitrogen and oxygen atoms in total. The fourth-order valence-corrected chi connectivity index (χ4v) is 3.34. The van der Waals surface area contributed by atoms with Gasteiger partial charge in [-0.15, -0.1) is 0 Å². The molecule has 6 heteroatoms. The number of nitrogens with one attached hydrogen (secondary N) is 2. The minimum absolute atomic E-state index is 0.283. The summed E-state index contributed by atoms with van der Waals surface area (Å²) in [6, 6.07) is 3.47. The van der Waals surface area contributed by atoms with Gasteiger partial charge in [-0.3, -0.25) is 14.5 Å². The van der Waals surface area contributed by atoms with Crippen LogP contribution in [0.2, 0.25) is 0 Å². The molecule has 0 spiro atoms. The molecule has 0 saturated carbocycles. The average Bonchev–Trinajstić information content (AvgIpc) is 2.73. The first-order chi connectivity index (χ1) is 12.0. The maximum absolute atomic E-state index is 12.7. The van der Waals surface area contributed by atoms with E-state index in [0.29, 0.717) is 12.3 Å². The number of amides is 4. The summed E-state index contributed by atoms with van der Waals surface area (Å²) in [6.07, 6.45) is 1.38. The highest BCUT2D eigenvalue weighted by Crippen LogP contribution is 2.25. The van der Waals surface area contributed by atoms with Crippen molar-refractivity contribution in [3.63, 3.8) is 0 Å². The van der Waals surface area contributed by atoms with E-state index in [4.69, 9.17) is 0 Å². The van der Waals surface area contributed by atoms with Gasteiger partial charge in [0, 0.05) is 5.69 Å². The van der Waals surface area contributed by atoms with Crippen LogP contribution in [-0.4, -0.2) is 34.8 Å². The lowest BCUT2D eigenvalue weighted by atomic mass is 9.92. The van der Waals surface area contributed by atoms with Crippen LogP contribution in [0.1, 0.15) is 50.3 Å². The van der Waals surface area contributed by atoms with Crippen molar-refractivity contribution >= 4 is 23.5 Å². The molecule has 0 radical (unpaired) electrons. The Hall–Kier alpha value is -2.37. The van der Waals surface area contributed by atoms with E-state index in [1.165, 1.54) is 0 Å². The number of benzene rings is 1. The zero-order chi connectivity index (χ0) is 19.6. The molecular weight excluding hydrogens is 330 g/mol. The van der Waals surface area contributed by atoms with Gasteiger partial charge >= 0.3 is 6.03 Å². The molecule has 4 amide bonds. The fourth-order valence-electron chi connectivity index (χ4n) is 3.34. The van der Waals surface area contributed by atoms with E-state index in [0.717, 1.165) is 33.7 Å². The van der Waals surface area contributed by atoms with Gasteiger partial charge in [0.15, 0.2) is 0 Å². The van der Waals surface area contributed by atoms with E-state index in [9.17, 15) is 14.4 Å². The lowest BCUT2D eigenvalue weighted by molar-refractivity contribution is -0.133. The Morgan fingerprint density at radius 3 is 2.31 bits per heavy atom. The Kier molecular flexibility index (Phi) is 5.74. The zero-order valence-electron chi connectivity index (χ0n) is 16.5. The van der Waals surface area contributed by atoms with Crippen molar-refractivity contribution in [2.45, 2.75) is 59.9 Å². The standard InChI is InChI=1S/C20H29N3O3/c1-12(2)7-8-20(6)18(25)23(19(26)22-20)11-16(24)21-17-14(4)9-13(3)10-15(17)5/h9-10,12H,7-8,11H2,1-6H3,(H,21,24)(H,22,26)/t20-/m1/s1. The molecule has 1 atom stereocenters. The number of carbonyl (C=O) groups is 3. The van der Waals surface area contributed by atoms with Crippen LogP contribution in [0.5, 0.6) is 0 Å². The summed E-state index contributed by atoms with van der Waals surface area (Å²) in [4.78, 5) is 38.4. The van der Waals surface area contributed by atoms with Gasteiger partial charge in [-0.25, -0.2) is 4.79 Å². The molecule has 1 heterocycles. The summed E-state index contributed by atoms with van der Waals surface area (Å²) in [7, 11) is 0. The number of nitrogens with zero attached hydrogens (tertiary/aromatic N) is 1. The lowest BCUT2D eigenvalue weighted by Crippen LogP contribution is -2.44. The SMILES string of the molecule is Cc1cc(C)c(NC(=O)CN2C(=O)N[C@](C)(CCC(C)C)C2=O)c(C)c1. The van der Waals surface area contributed by atoms with E-state index in [1.807, 2.05) is 32.9 Å². The summed E-state index contributed by atoms with van der Waals surface area (Å²) in [5.74, 6) is -0.284. The van der Waals surface area contributed by atoms with Crippen LogP contribution in [0.15, 0.2) is 12.1 Å². The fraction of sp³-hybridized carbons (Fsp3) is 0.550. The van der Waals surface area contributed by atoms with Gasteiger partial charge in [0.05, 0.1) is 0 Å². The number of aryl methyl sites for hydroxylation is 3. The Morgan fingerprint density at radius 2 is 1.77 bits per heavy atom. The predicted molar refractivity (Wildman–Crippen MR) is 102 cm³/mol. The Morgan fingerprint density at radius 1 is 1.19 bits per heavy atom. The first kappa shape index (κ1) is 19.9. The van der Waals surface area contributed by atoms with Gasteiger partial charge < -0.3 is 10.6 Å². The van der Waals surface area contributed by atoms with E-state index in [2.05, 4.69) is 24.5 Å². The summed E-state index contributed by atoms with van der Waals surface area (Å²) in [5.41, 5.74) is 2.82. The summed E-state index contributed by atoms with van der Waals surface area (Å²) in [5, 5.41) is 5.58. The van der Waals surface area contributed by atoms with Crippen LogP contribution in [-0.2, 0) is 9.59 Å². The van der Waals surface area contributed by atoms with E-state index in [1.54, 1.807) is 6.92 Å². The van der Waals surface area contributed by atoms with Crippen molar-refractivity contribution in [2.75, 3.05) is 11.9 Å². The molecule has 0 bridgehead atoms. The van der Waals surface area contributed by atoms with Crippen LogP contribution >= 0.6 is 0 Å². The van der Waals surface area contributed by atoms with Crippen LogP contribution < -0.4 is 10.6 Å². The number of rotatable bonds is 6. The first-order valence-corrected chi connectivity index (χ1v) is 9.05. The second kappa shape index (κ2) is 7.48. The van der Waals surface area contributed by atoms with Gasteiger partial charge in [-0.05, 0) is 57.6 Å². The highest BCUT2D eigenvalue weighted by Gasteiger charge is 2.47. The van der Waals surface area contributed by atoms with Crippen molar-refractivity contribution in [1.82, 2.24) is 10.2 Å². The average molecular weight is 359 g/mol. The molecular formula is C20H29N3O3. The molecule has 1 aliphatic rings. The van der Waals surface area contributed by atoms with Crippen molar-refractivity contribution in [3.8, 4) is 0 Å². The maximum Gasteiger partial charge on any atom is 0.325 e. The monoisotopic (exact) mass is 359 g/mol. The van der Waals surface area contributed by atoms with Crippen LogP contribution in [0.4, 0.5) is 10.5 Å². The summed E-state index contributed by atoms with van der Waals surface area (Å²) in [6.45, 7) is 11.4. The minimum atomic E-state index is -0.933. The zero-order valence-corrected chi connectivity index (χ0v) is 16.5. The first-order valence-electron chi connectivity index (χ1n) is 9.05.